The molecule has 1 aliphatic carbocycles. The fraction of sp³-hybridized carbons (Fsp3) is 0.875. The molecule has 3 nitrogen and oxygen atoms in total. The first-order valence-corrected chi connectivity index (χ1v) is 4.11. The molecule has 4 heteroatoms. The summed E-state index contributed by atoms with van der Waals surface area (Å²) >= 11 is 0. The maximum absolute atomic E-state index is 10.8. The zero-order valence-electron chi connectivity index (χ0n) is 7.39. The molecule has 1 aliphatic heterocycles. The highest BCUT2D eigenvalue weighted by Gasteiger charge is 2.53. The third kappa shape index (κ3) is 1.18. The van der Waals surface area contributed by atoms with Gasteiger partial charge in [-0.15, -0.1) is 0 Å². The first kappa shape index (κ1) is 9.71. The summed E-state index contributed by atoms with van der Waals surface area (Å²) in [7, 11) is 0. The van der Waals surface area contributed by atoms with Crippen LogP contribution in [0.15, 0.2) is 0 Å². The molecule has 0 aromatic rings. The molecular formula is C8H17NO2S. The van der Waals surface area contributed by atoms with E-state index in [1.165, 1.54) is 0 Å². The number of hydrogen-bond acceptors (Lipinski definition) is 2. The summed E-state index contributed by atoms with van der Waals surface area (Å²) in [6.45, 7) is 4.16. The smallest absolute Gasteiger partial charge is 0.408 e. The highest BCUT2D eigenvalue weighted by molar-refractivity contribution is 7.59. The topological polar surface area (TPSA) is 38.3 Å². The van der Waals surface area contributed by atoms with Crippen LogP contribution in [0, 0.1) is 5.92 Å². The number of hydrogen-bond donors (Lipinski definition) is 1. The molecule has 1 amide bonds. The van der Waals surface area contributed by atoms with E-state index in [1.54, 1.807) is 0 Å². The largest absolute Gasteiger partial charge is 0.444 e. The minimum absolute atomic E-state index is 0. The lowest BCUT2D eigenvalue weighted by atomic mass is 9.67. The summed E-state index contributed by atoms with van der Waals surface area (Å²) < 4.78 is 5.02. The van der Waals surface area contributed by atoms with E-state index >= 15 is 0 Å². The fourth-order valence-corrected chi connectivity index (χ4v) is 2.23. The summed E-state index contributed by atoms with van der Waals surface area (Å²) in [5, 5.41) is 2.89. The monoisotopic (exact) mass is 191 g/mol. The van der Waals surface area contributed by atoms with Crippen molar-refractivity contribution in [2.75, 3.05) is 0 Å². The van der Waals surface area contributed by atoms with Crippen molar-refractivity contribution in [1.82, 2.24) is 5.32 Å². The maximum atomic E-state index is 10.8. The van der Waals surface area contributed by atoms with Gasteiger partial charge in [-0.1, -0.05) is 6.92 Å². The number of ether oxygens (including phenoxy) is 1. The molecule has 72 valence electrons. The molecular weight excluding hydrogens is 174 g/mol. The van der Waals surface area contributed by atoms with Crippen LogP contribution in [0.1, 0.15) is 28.1 Å². The number of rotatable bonds is 0. The average Bonchev–Trinajstić information content (AvgIpc) is 2.06. The Morgan fingerprint density at radius 3 is 2.50 bits per heavy atom. The lowest BCUT2D eigenvalue weighted by Gasteiger charge is -2.44. The van der Waals surface area contributed by atoms with Gasteiger partial charge in [-0.2, -0.15) is 13.5 Å². The van der Waals surface area contributed by atoms with Crippen molar-refractivity contribution in [2.45, 2.75) is 38.3 Å². The van der Waals surface area contributed by atoms with Crippen LogP contribution in [0.25, 0.3) is 0 Å². The van der Waals surface area contributed by atoms with E-state index in [0.29, 0.717) is 0 Å². The second-order valence-corrected chi connectivity index (χ2v) is 3.84. The van der Waals surface area contributed by atoms with Crippen LogP contribution >= 0.6 is 13.5 Å². The van der Waals surface area contributed by atoms with Crippen molar-refractivity contribution in [3.63, 3.8) is 0 Å². The van der Waals surface area contributed by atoms with Crippen molar-refractivity contribution in [3.8, 4) is 0 Å². The normalized spacial score (nSPS) is 44.3. The van der Waals surface area contributed by atoms with Crippen LogP contribution in [-0.4, -0.2) is 17.7 Å². The molecule has 0 bridgehead atoms. The van der Waals surface area contributed by atoms with E-state index in [9.17, 15) is 4.79 Å². The minimum Gasteiger partial charge on any atom is -0.444 e. The quantitative estimate of drug-likeness (QED) is 0.632. The number of amides is 1. The molecule has 0 aromatic carbocycles. The van der Waals surface area contributed by atoms with E-state index < -0.39 is 0 Å². The molecule has 1 saturated carbocycles. The number of carbonyl (C=O) groups is 1. The molecule has 0 unspecified atom stereocenters. The van der Waals surface area contributed by atoms with Crippen LogP contribution in [-0.2, 0) is 4.74 Å². The summed E-state index contributed by atoms with van der Waals surface area (Å²) in [4.78, 5) is 10.8. The van der Waals surface area contributed by atoms with E-state index in [4.69, 9.17) is 4.74 Å². The standard InChI is InChI=1S/C8H13NO2.H2S.H2/c1-5-3-8(4-5)6(2)11-7(10)9-8;;/h5-6H,3-4H2,1-2H3,(H,9,10);1H2;1H/t5?,6-,8?;;/m0../s1. The number of alkyl carbamates (subject to hydrolysis) is 1. The molecule has 1 atom stereocenters. The van der Waals surface area contributed by atoms with E-state index in [-0.39, 0.29) is 32.7 Å². The van der Waals surface area contributed by atoms with Crippen LogP contribution < -0.4 is 5.32 Å². The van der Waals surface area contributed by atoms with Crippen molar-refractivity contribution >= 4 is 19.6 Å². The molecule has 2 rings (SSSR count). The summed E-state index contributed by atoms with van der Waals surface area (Å²) in [5.74, 6) is 0.736. The zero-order chi connectivity index (χ0) is 8.06. The molecule has 1 spiro atoms. The zero-order valence-corrected chi connectivity index (χ0v) is 8.39. The molecule has 1 heterocycles. The Bertz CT molecular complexity index is 206. The van der Waals surface area contributed by atoms with Crippen molar-refractivity contribution in [2.24, 2.45) is 5.92 Å². The van der Waals surface area contributed by atoms with Crippen molar-refractivity contribution < 1.29 is 11.0 Å². The number of cyclic esters (lactones) is 1. The molecule has 0 radical (unpaired) electrons. The molecule has 2 aliphatic rings. The van der Waals surface area contributed by atoms with Gasteiger partial charge in [-0.05, 0) is 25.7 Å². The highest BCUT2D eigenvalue weighted by Crippen LogP contribution is 2.43. The van der Waals surface area contributed by atoms with Crippen molar-refractivity contribution in [1.29, 1.82) is 0 Å². The van der Waals surface area contributed by atoms with E-state index in [2.05, 4.69) is 12.2 Å². The second-order valence-electron chi connectivity index (χ2n) is 3.84. The van der Waals surface area contributed by atoms with Gasteiger partial charge in [0.25, 0.3) is 0 Å². The van der Waals surface area contributed by atoms with Crippen LogP contribution in [0.5, 0.6) is 0 Å². The van der Waals surface area contributed by atoms with Gasteiger partial charge in [0.15, 0.2) is 0 Å². The molecule has 2 fully saturated rings. The van der Waals surface area contributed by atoms with Gasteiger partial charge in [-0.3, -0.25) is 0 Å². The number of nitrogens with one attached hydrogen (secondary N) is 1. The molecule has 12 heavy (non-hydrogen) atoms. The Morgan fingerprint density at radius 2 is 2.17 bits per heavy atom. The van der Waals surface area contributed by atoms with Crippen LogP contribution in [0.2, 0.25) is 0 Å². The predicted molar refractivity (Wildman–Crippen MR) is 52.7 cm³/mol. The van der Waals surface area contributed by atoms with Crippen molar-refractivity contribution in [3.05, 3.63) is 0 Å². The Hall–Kier alpha value is -0.380. The highest BCUT2D eigenvalue weighted by atomic mass is 32.1. The number of carbonyl (C=O) groups excluding carboxylic acids is 1. The van der Waals surface area contributed by atoms with Gasteiger partial charge in [0.1, 0.15) is 6.10 Å². The van der Waals surface area contributed by atoms with Gasteiger partial charge in [0.2, 0.25) is 0 Å². The lowest BCUT2D eigenvalue weighted by molar-refractivity contribution is 0.0517. The SMILES string of the molecule is CC1CC2(C1)NC(=O)O[C@H]2C.S.[HH]. The van der Waals surface area contributed by atoms with Crippen LogP contribution in [0.4, 0.5) is 4.79 Å². The Balaban J connectivity index is 0.000000720. The summed E-state index contributed by atoms with van der Waals surface area (Å²) in [6, 6.07) is 0. The van der Waals surface area contributed by atoms with Gasteiger partial charge >= 0.3 is 6.09 Å². The Kier molecular flexibility index (Phi) is 2.29. The van der Waals surface area contributed by atoms with Gasteiger partial charge in [-0.25, -0.2) is 4.79 Å². The summed E-state index contributed by atoms with van der Waals surface area (Å²) in [5.41, 5.74) is -0.00347. The Morgan fingerprint density at radius 1 is 1.58 bits per heavy atom. The molecule has 1 N–H and O–H groups in total. The third-order valence-corrected chi connectivity index (χ3v) is 2.84. The van der Waals surface area contributed by atoms with Gasteiger partial charge in [0, 0.05) is 1.43 Å². The maximum Gasteiger partial charge on any atom is 0.408 e. The Labute approximate surface area is 80.8 Å². The summed E-state index contributed by atoms with van der Waals surface area (Å²) in [6.07, 6.45) is 1.95. The van der Waals surface area contributed by atoms with E-state index in [1.807, 2.05) is 6.92 Å². The predicted octanol–water partition coefficient (Wildman–Crippen LogP) is 1.64. The van der Waals surface area contributed by atoms with Crippen LogP contribution in [0.3, 0.4) is 0 Å². The first-order chi connectivity index (χ1) is 5.12. The fourth-order valence-electron chi connectivity index (χ4n) is 2.23. The second kappa shape index (κ2) is 2.83. The first-order valence-electron chi connectivity index (χ1n) is 4.11. The van der Waals surface area contributed by atoms with Gasteiger partial charge < -0.3 is 10.1 Å². The third-order valence-electron chi connectivity index (χ3n) is 2.84. The minimum atomic E-state index is -0.246. The van der Waals surface area contributed by atoms with E-state index in [0.717, 1.165) is 18.8 Å². The average molecular weight is 191 g/mol. The lowest BCUT2D eigenvalue weighted by Crippen LogP contribution is -2.56. The molecule has 0 aromatic heterocycles. The molecule has 1 saturated heterocycles. The van der Waals surface area contributed by atoms with Gasteiger partial charge in [0.05, 0.1) is 5.54 Å².